The third kappa shape index (κ3) is 5.43. The van der Waals surface area contributed by atoms with Crippen molar-refractivity contribution in [2.75, 3.05) is 19.0 Å². The highest BCUT2D eigenvalue weighted by Gasteiger charge is 2.21. The summed E-state index contributed by atoms with van der Waals surface area (Å²) in [6, 6.07) is 12.4. The molecule has 2 rings (SSSR count). The Morgan fingerprint density at radius 3 is 2.41 bits per heavy atom. The zero-order valence-electron chi connectivity index (χ0n) is 14.7. The average Bonchev–Trinajstić information content (AvgIpc) is 2.66. The minimum absolute atomic E-state index is 0.0643. The van der Waals surface area contributed by atoms with Gasteiger partial charge in [0.1, 0.15) is 5.75 Å². The number of benzene rings is 2. The number of nitrogens with one attached hydrogen (secondary N) is 1. The minimum Gasteiger partial charge on any atom is -0.495 e. The number of para-hydroxylation sites is 4. The summed E-state index contributed by atoms with van der Waals surface area (Å²) < 4.78 is 15.2. The molecule has 0 bridgehead atoms. The number of carbonyl (C=O) groups is 2. The highest BCUT2D eigenvalue weighted by Crippen LogP contribution is 2.26. The van der Waals surface area contributed by atoms with Gasteiger partial charge in [0.25, 0.3) is 5.91 Å². The third-order valence-corrected chi connectivity index (χ3v) is 3.45. The fourth-order valence-corrected chi connectivity index (χ4v) is 2.13. The van der Waals surface area contributed by atoms with Crippen molar-refractivity contribution in [2.45, 2.75) is 13.0 Å². The van der Waals surface area contributed by atoms with E-state index in [1.54, 1.807) is 24.3 Å². The molecule has 0 heterocycles. The topological polar surface area (TPSA) is 117 Å². The van der Waals surface area contributed by atoms with E-state index in [-0.39, 0.29) is 11.4 Å². The highest BCUT2D eigenvalue weighted by atomic mass is 16.6. The number of amides is 1. The van der Waals surface area contributed by atoms with Gasteiger partial charge in [-0.1, -0.05) is 24.3 Å². The normalized spacial score (nSPS) is 11.2. The molecule has 0 fully saturated rings. The molecule has 1 N–H and O–H groups in total. The van der Waals surface area contributed by atoms with E-state index in [1.807, 2.05) is 0 Å². The molecule has 0 saturated carbocycles. The van der Waals surface area contributed by atoms with Crippen LogP contribution in [0, 0.1) is 10.1 Å². The van der Waals surface area contributed by atoms with Gasteiger partial charge in [-0.2, -0.15) is 0 Å². The molecule has 0 aliphatic carbocycles. The van der Waals surface area contributed by atoms with E-state index in [0.29, 0.717) is 11.4 Å². The monoisotopic (exact) mass is 374 g/mol. The zero-order chi connectivity index (χ0) is 19.8. The Kier molecular flexibility index (Phi) is 6.70. The number of ether oxygens (including phenoxy) is 3. The second-order valence-electron chi connectivity index (χ2n) is 5.34. The number of nitro benzene ring substituents is 1. The van der Waals surface area contributed by atoms with Crippen LogP contribution in [-0.2, 0) is 14.3 Å². The SMILES string of the molecule is COc1ccccc1NC(=O)[C@@H](C)OC(=O)COc1ccccc1[N+](=O)[O-]. The van der Waals surface area contributed by atoms with Crippen molar-refractivity contribution in [2.24, 2.45) is 0 Å². The van der Waals surface area contributed by atoms with Crippen molar-refractivity contribution in [3.63, 3.8) is 0 Å². The maximum Gasteiger partial charge on any atom is 0.344 e. The van der Waals surface area contributed by atoms with Crippen LogP contribution < -0.4 is 14.8 Å². The molecule has 0 spiro atoms. The first-order chi connectivity index (χ1) is 12.9. The summed E-state index contributed by atoms with van der Waals surface area (Å²) in [5.74, 6) is -0.996. The van der Waals surface area contributed by atoms with Gasteiger partial charge >= 0.3 is 11.7 Å². The number of carbonyl (C=O) groups excluding carboxylic acids is 2. The number of nitrogens with zero attached hydrogens (tertiary/aromatic N) is 1. The molecule has 9 nitrogen and oxygen atoms in total. The van der Waals surface area contributed by atoms with Crippen LogP contribution in [0.2, 0.25) is 0 Å². The third-order valence-electron chi connectivity index (χ3n) is 3.45. The zero-order valence-corrected chi connectivity index (χ0v) is 14.7. The van der Waals surface area contributed by atoms with Crippen molar-refractivity contribution >= 4 is 23.3 Å². The first-order valence-corrected chi connectivity index (χ1v) is 7.92. The standard InChI is InChI=1S/C18H18N2O7/c1-12(18(22)19-13-7-3-5-9-15(13)25-2)27-17(21)11-26-16-10-6-4-8-14(16)20(23)24/h3-10,12H,11H2,1-2H3,(H,19,22)/t12-/m1/s1. The number of anilines is 1. The largest absolute Gasteiger partial charge is 0.495 e. The molecule has 2 aromatic rings. The number of hydrogen-bond donors (Lipinski definition) is 1. The second-order valence-corrected chi connectivity index (χ2v) is 5.34. The van der Waals surface area contributed by atoms with Crippen molar-refractivity contribution in [3.05, 3.63) is 58.6 Å². The van der Waals surface area contributed by atoms with E-state index in [2.05, 4.69) is 5.32 Å². The molecular formula is C18H18N2O7. The Morgan fingerprint density at radius 1 is 1.11 bits per heavy atom. The molecular weight excluding hydrogens is 356 g/mol. The van der Waals surface area contributed by atoms with E-state index >= 15 is 0 Å². The summed E-state index contributed by atoms with van der Waals surface area (Å²) in [5, 5.41) is 13.5. The molecule has 0 radical (unpaired) electrons. The lowest BCUT2D eigenvalue weighted by Gasteiger charge is -2.15. The Hall–Kier alpha value is -3.62. The molecule has 27 heavy (non-hydrogen) atoms. The van der Waals surface area contributed by atoms with Crippen molar-refractivity contribution in [3.8, 4) is 11.5 Å². The predicted molar refractivity (Wildman–Crippen MR) is 95.8 cm³/mol. The van der Waals surface area contributed by atoms with Crippen LogP contribution in [0.4, 0.5) is 11.4 Å². The van der Waals surface area contributed by atoms with Gasteiger partial charge in [-0.3, -0.25) is 14.9 Å². The van der Waals surface area contributed by atoms with Crippen LogP contribution in [0.25, 0.3) is 0 Å². The summed E-state index contributed by atoms with van der Waals surface area (Å²) in [5.41, 5.74) is 0.163. The quantitative estimate of drug-likeness (QED) is 0.429. The van der Waals surface area contributed by atoms with Crippen LogP contribution in [0.3, 0.4) is 0 Å². The van der Waals surface area contributed by atoms with Crippen molar-refractivity contribution in [1.29, 1.82) is 0 Å². The fourth-order valence-electron chi connectivity index (χ4n) is 2.13. The van der Waals surface area contributed by atoms with Crippen LogP contribution in [-0.4, -0.2) is 36.6 Å². The van der Waals surface area contributed by atoms with Crippen molar-refractivity contribution in [1.82, 2.24) is 0 Å². The molecule has 1 atom stereocenters. The summed E-state index contributed by atoms with van der Waals surface area (Å²) in [6.45, 7) is 0.824. The van der Waals surface area contributed by atoms with Gasteiger partial charge in [-0.25, -0.2) is 4.79 Å². The molecule has 9 heteroatoms. The Bertz CT molecular complexity index is 838. The molecule has 142 valence electrons. The van der Waals surface area contributed by atoms with Gasteiger partial charge in [0.15, 0.2) is 18.5 Å². The Morgan fingerprint density at radius 2 is 1.74 bits per heavy atom. The highest BCUT2D eigenvalue weighted by molar-refractivity contribution is 5.96. The summed E-state index contributed by atoms with van der Waals surface area (Å²) in [7, 11) is 1.47. The lowest BCUT2D eigenvalue weighted by molar-refractivity contribution is -0.385. The van der Waals surface area contributed by atoms with Gasteiger partial charge < -0.3 is 19.5 Å². The lowest BCUT2D eigenvalue weighted by atomic mass is 10.2. The predicted octanol–water partition coefficient (Wildman–Crippen LogP) is 2.55. The molecule has 0 saturated heterocycles. The maximum atomic E-state index is 12.2. The van der Waals surface area contributed by atoms with Crippen LogP contribution >= 0.6 is 0 Å². The van der Waals surface area contributed by atoms with Gasteiger partial charge in [0.05, 0.1) is 17.7 Å². The molecule has 2 aromatic carbocycles. The summed E-state index contributed by atoms with van der Waals surface area (Å²) >= 11 is 0. The first-order valence-electron chi connectivity index (χ1n) is 7.92. The van der Waals surface area contributed by atoms with Crippen molar-refractivity contribution < 1.29 is 28.7 Å². The number of rotatable bonds is 8. The molecule has 0 aliphatic heterocycles. The van der Waals surface area contributed by atoms with Crippen LogP contribution in [0.1, 0.15) is 6.92 Å². The molecule has 0 aromatic heterocycles. The maximum absolute atomic E-state index is 12.2. The second kappa shape index (κ2) is 9.18. The Balaban J connectivity index is 1.90. The molecule has 0 aliphatic rings. The van der Waals surface area contributed by atoms with Gasteiger partial charge in [0, 0.05) is 6.07 Å². The molecule has 1 amide bonds. The van der Waals surface area contributed by atoms with Crippen LogP contribution in [0.5, 0.6) is 11.5 Å². The number of esters is 1. The van der Waals surface area contributed by atoms with Gasteiger partial charge in [-0.05, 0) is 25.1 Å². The van der Waals surface area contributed by atoms with E-state index in [9.17, 15) is 19.7 Å². The van der Waals surface area contributed by atoms with Crippen LogP contribution in [0.15, 0.2) is 48.5 Å². The Labute approximate surface area is 155 Å². The average molecular weight is 374 g/mol. The number of methoxy groups -OCH3 is 1. The first kappa shape index (κ1) is 19.7. The number of hydrogen-bond acceptors (Lipinski definition) is 7. The van der Waals surface area contributed by atoms with Gasteiger partial charge in [-0.15, -0.1) is 0 Å². The smallest absolute Gasteiger partial charge is 0.344 e. The van der Waals surface area contributed by atoms with E-state index in [1.165, 1.54) is 38.3 Å². The van der Waals surface area contributed by atoms with E-state index in [0.717, 1.165) is 0 Å². The minimum atomic E-state index is -1.10. The lowest BCUT2D eigenvalue weighted by Crippen LogP contribution is -2.31. The summed E-state index contributed by atoms with van der Waals surface area (Å²) in [6.07, 6.45) is -1.10. The fraction of sp³-hybridized carbons (Fsp3) is 0.222. The van der Waals surface area contributed by atoms with Gasteiger partial charge in [0.2, 0.25) is 0 Å². The molecule has 0 unspecified atom stereocenters. The van der Waals surface area contributed by atoms with E-state index in [4.69, 9.17) is 14.2 Å². The van der Waals surface area contributed by atoms with E-state index < -0.39 is 29.5 Å². The number of nitro groups is 1. The summed E-state index contributed by atoms with van der Waals surface area (Å²) in [4.78, 5) is 34.3.